The summed E-state index contributed by atoms with van der Waals surface area (Å²) in [6.45, 7) is 6.11. The summed E-state index contributed by atoms with van der Waals surface area (Å²) in [5.74, 6) is 0.400. The number of nitrogens with zero attached hydrogens (tertiary/aromatic N) is 1. The summed E-state index contributed by atoms with van der Waals surface area (Å²) >= 11 is 1.61. The number of piperidine rings is 1. The molecule has 0 saturated carbocycles. The van der Waals surface area contributed by atoms with Crippen molar-refractivity contribution in [3.05, 3.63) is 46.5 Å². The number of aromatic nitrogens is 1. The highest BCUT2D eigenvalue weighted by Crippen LogP contribution is 2.32. The highest BCUT2D eigenvalue weighted by molar-refractivity contribution is 7.15. The molecule has 1 unspecified atom stereocenters. The Morgan fingerprint density at radius 3 is 2.91 bits per heavy atom. The molecule has 3 rings (SSSR count). The van der Waals surface area contributed by atoms with E-state index in [9.17, 15) is 4.79 Å². The average Bonchev–Trinajstić information content (AvgIpc) is 3.03. The fourth-order valence-electron chi connectivity index (χ4n) is 2.94. The monoisotopic (exact) mass is 329 g/mol. The van der Waals surface area contributed by atoms with Crippen LogP contribution in [0.1, 0.15) is 47.6 Å². The van der Waals surface area contributed by atoms with Crippen molar-refractivity contribution in [3.8, 4) is 0 Å². The molecule has 2 N–H and O–H groups in total. The van der Waals surface area contributed by atoms with Crippen LogP contribution < -0.4 is 10.6 Å². The van der Waals surface area contributed by atoms with Gasteiger partial charge in [-0.15, -0.1) is 11.3 Å². The van der Waals surface area contributed by atoms with E-state index in [0.717, 1.165) is 31.5 Å². The number of hydrogen-bond acceptors (Lipinski definition) is 4. The van der Waals surface area contributed by atoms with E-state index in [1.54, 1.807) is 11.3 Å². The second-order valence-corrected chi connectivity index (χ2v) is 7.28. The Balaban J connectivity index is 1.64. The van der Waals surface area contributed by atoms with Crippen LogP contribution in [-0.4, -0.2) is 24.0 Å². The number of carbonyl (C=O) groups is 1. The van der Waals surface area contributed by atoms with Crippen LogP contribution in [0.15, 0.2) is 30.5 Å². The van der Waals surface area contributed by atoms with Gasteiger partial charge in [-0.05, 0) is 51.3 Å². The van der Waals surface area contributed by atoms with E-state index >= 15 is 0 Å². The van der Waals surface area contributed by atoms with Crippen molar-refractivity contribution in [1.82, 2.24) is 10.3 Å². The predicted octanol–water partition coefficient (Wildman–Crippen LogP) is 3.66. The minimum Gasteiger partial charge on any atom is -0.317 e. The van der Waals surface area contributed by atoms with Gasteiger partial charge in [0.25, 0.3) is 0 Å². The van der Waals surface area contributed by atoms with Crippen LogP contribution >= 0.6 is 11.3 Å². The predicted molar refractivity (Wildman–Crippen MR) is 95.2 cm³/mol. The smallest absolute Gasteiger partial charge is 0.233 e. The van der Waals surface area contributed by atoms with Crippen LogP contribution in [0.4, 0.5) is 5.13 Å². The maximum Gasteiger partial charge on any atom is 0.233 e. The molecule has 4 nitrogen and oxygen atoms in total. The lowest BCUT2D eigenvalue weighted by molar-refractivity contribution is -0.117. The normalized spacial score (nSPS) is 17.0. The Labute approximate surface area is 141 Å². The molecule has 2 aromatic rings. The summed E-state index contributed by atoms with van der Waals surface area (Å²) in [7, 11) is 0. The van der Waals surface area contributed by atoms with Crippen molar-refractivity contribution in [2.24, 2.45) is 0 Å². The Kier molecular flexibility index (Phi) is 5.08. The molecule has 0 spiro atoms. The molecule has 1 amide bonds. The molecule has 1 aliphatic heterocycles. The molecule has 1 saturated heterocycles. The van der Waals surface area contributed by atoms with Crippen LogP contribution in [0.25, 0.3) is 0 Å². The summed E-state index contributed by atoms with van der Waals surface area (Å²) in [4.78, 5) is 18.1. The molecule has 0 bridgehead atoms. The fourth-order valence-corrected chi connectivity index (χ4v) is 3.93. The van der Waals surface area contributed by atoms with Crippen LogP contribution in [-0.2, 0) is 4.79 Å². The Hall–Kier alpha value is -1.72. The van der Waals surface area contributed by atoms with Gasteiger partial charge in [-0.2, -0.15) is 0 Å². The minimum absolute atomic E-state index is 0.00168. The van der Waals surface area contributed by atoms with Gasteiger partial charge in [0, 0.05) is 11.1 Å². The van der Waals surface area contributed by atoms with Crippen LogP contribution in [0.5, 0.6) is 0 Å². The van der Waals surface area contributed by atoms with Crippen molar-refractivity contribution < 1.29 is 4.79 Å². The lowest BCUT2D eigenvalue weighted by Crippen LogP contribution is -2.26. The summed E-state index contributed by atoms with van der Waals surface area (Å²) in [5, 5.41) is 7.06. The zero-order valence-electron chi connectivity index (χ0n) is 13.6. The number of carbonyl (C=O) groups excluding carboxylic acids is 1. The second-order valence-electron chi connectivity index (χ2n) is 6.22. The standard InChI is InChI=1S/C18H23N3OS/c1-12-4-3-5-15(10-12)13(2)17(22)21-18-20-11-16(23-18)14-6-8-19-9-7-14/h3-5,10-11,13-14,19H,6-9H2,1-2H3,(H,20,21,22). The second kappa shape index (κ2) is 7.23. The number of nitrogens with one attached hydrogen (secondary N) is 2. The highest BCUT2D eigenvalue weighted by atomic mass is 32.1. The Morgan fingerprint density at radius 1 is 1.39 bits per heavy atom. The lowest BCUT2D eigenvalue weighted by atomic mass is 9.97. The summed E-state index contributed by atoms with van der Waals surface area (Å²) in [5.41, 5.74) is 2.21. The molecule has 0 aliphatic carbocycles. The molecule has 1 aromatic heterocycles. The van der Waals surface area contributed by atoms with E-state index in [2.05, 4.69) is 21.7 Å². The molecular formula is C18H23N3OS. The van der Waals surface area contributed by atoms with Crippen molar-refractivity contribution in [3.63, 3.8) is 0 Å². The van der Waals surface area contributed by atoms with Gasteiger partial charge in [0.15, 0.2) is 5.13 Å². The largest absolute Gasteiger partial charge is 0.317 e. The first-order valence-electron chi connectivity index (χ1n) is 8.17. The highest BCUT2D eigenvalue weighted by Gasteiger charge is 2.20. The Morgan fingerprint density at radius 2 is 2.17 bits per heavy atom. The number of anilines is 1. The molecule has 1 aliphatic rings. The third-order valence-corrected chi connectivity index (χ3v) is 5.51. The third-order valence-electron chi connectivity index (χ3n) is 4.43. The molecule has 1 atom stereocenters. The van der Waals surface area contributed by atoms with Gasteiger partial charge in [-0.1, -0.05) is 29.8 Å². The number of aryl methyl sites for hydroxylation is 1. The first-order valence-corrected chi connectivity index (χ1v) is 8.99. The molecule has 1 aromatic carbocycles. The minimum atomic E-state index is -0.180. The van der Waals surface area contributed by atoms with Gasteiger partial charge in [-0.3, -0.25) is 4.79 Å². The molecule has 23 heavy (non-hydrogen) atoms. The summed E-state index contributed by atoms with van der Waals surface area (Å²) in [6, 6.07) is 8.10. The van der Waals surface area contributed by atoms with E-state index in [0.29, 0.717) is 11.0 Å². The molecular weight excluding hydrogens is 306 g/mol. The van der Waals surface area contributed by atoms with Crippen molar-refractivity contribution in [2.75, 3.05) is 18.4 Å². The SMILES string of the molecule is Cc1cccc(C(C)C(=O)Nc2ncc(C3CCNCC3)s2)c1. The number of benzene rings is 1. The van der Waals surface area contributed by atoms with Crippen LogP contribution in [0.3, 0.4) is 0 Å². The average molecular weight is 329 g/mol. The van der Waals surface area contributed by atoms with Crippen molar-refractivity contribution in [2.45, 2.75) is 38.5 Å². The van der Waals surface area contributed by atoms with E-state index < -0.39 is 0 Å². The topological polar surface area (TPSA) is 54.0 Å². The first kappa shape index (κ1) is 16.1. The summed E-state index contributed by atoms with van der Waals surface area (Å²) < 4.78 is 0. The molecule has 1 fully saturated rings. The molecule has 122 valence electrons. The maximum atomic E-state index is 12.5. The van der Waals surface area contributed by atoms with Crippen molar-refractivity contribution >= 4 is 22.4 Å². The zero-order chi connectivity index (χ0) is 16.2. The van der Waals surface area contributed by atoms with Crippen LogP contribution in [0, 0.1) is 6.92 Å². The van der Waals surface area contributed by atoms with E-state index in [1.165, 1.54) is 10.4 Å². The van der Waals surface area contributed by atoms with Gasteiger partial charge in [0.2, 0.25) is 5.91 Å². The van der Waals surface area contributed by atoms with Gasteiger partial charge in [-0.25, -0.2) is 4.98 Å². The van der Waals surface area contributed by atoms with E-state index in [1.807, 2.05) is 38.2 Å². The van der Waals surface area contributed by atoms with Gasteiger partial charge in [0.05, 0.1) is 5.92 Å². The number of hydrogen-bond donors (Lipinski definition) is 2. The fraction of sp³-hybridized carbons (Fsp3) is 0.444. The van der Waals surface area contributed by atoms with E-state index in [-0.39, 0.29) is 11.8 Å². The van der Waals surface area contributed by atoms with Gasteiger partial charge < -0.3 is 10.6 Å². The zero-order valence-corrected chi connectivity index (χ0v) is 14.5. The van der Waals surface area contributed by atoms with Gasteiger partial charge in [0.1, 0.15) is 0 Å². The Bertz CT molecular complexity index is 676. The number of rotatable bonds is 4. The third kappa shape index (κ3) is 3.98. The first-order chi connectivity index (χ1) is 11.1. The number of thiazole rings is 1. The number of amides is 1. The van der Waals surface area contributed by atoms with Gasteiger partial charge >= 0.3 is 0 Å². The molecule has 5 heteroatoms. The van der Waals surface area contributed by atoms with E-state index in [4.69, 9.17) is 0 Å². The maximum absolute atomic E-state index is 12.5. The molecule has 0 radical (unpaired) electrons. The summed E-state index contributed by atoms with van der Waals surface area (Å²) in [6.07, 6.45) is 4.22. The van der Waals surface area contributed by atoms with Crippen LogP contribution in [0.2, 0.25) is 0 Å². The van der Waals surface area contributed by atoms with Crippen molar-refractivity contribution in [1.29, 1.82) is 0 Å². The quantitative estimate of drug-likeness (QED) is 0.900. The lowest BCUT2D eigenvalue weighted by Gasteiger charge is -2.20. The molecule has 2 heterocycles.